The van der Waals surface area contributed by atoms with Gasteiger partial charge in [0.1, 0.15) is 11.4 Å². The molecule has 182 valence electrons. The van der Waals surface area contributed by atoms with E-state index in [1.807, 2.05) is 50.2 Å². The van der Waals surface area contributed by atoms with Crippen LogP contribution < -0.4 is 0 Å². The Bertz CT molecular complexity index is 1080. The minimum Gasteiger partial charge on any atom is -0.469 e. The van der Waals surface area contributed by atoms with Gasteiger partial charge in [-0.05, 0) is 59.3 Å². The molecular formula is C29H36O5. The Morgan fingerprint density at radius 3 is 2.62 bits per heavy atom. The second-order valence-electron chi connectivity index (χ2n) is 11.5. The van der Waals surface area contributed by atoms with Gasteiger partial charge in [0.2, 0.25) is 0 Å². The molecule has 7 atom stereocenters. The average Bonchev–Trinajstić information content (AvgIpc) is 3.28. The topological polar surface area (TPSA) is 79.9 Å². The zero-order chi connectivity index (χ0) is 24.3. The number of fused-ring (bicyclic) bond motifs is 4. The average molecular weight is 465 g/mol. The van der Waals surface area contributed by atoms with Crippen LogP contribution in [-0.2, 0) is 16.0 Å². The first-order chi connectivity index (χ1) is 16.1. The Morgan fingerprint density at radius 1 is 1.15 bits per heavy atom. The number of carbonyl (C=O) groups is 1. The fourth-order valence-corrected chi connectivity index (χ4v) is 7.72. The number of hydrogen-bond acceptors (Lipinski definition) is 5. The lowest BCUT2D eigenvalue weighted by Gasteiger charge is -2.68. The maximum absolute atomic E-state index is 13.0. The van der Waals surface area contributed by atoms with Gasteiger partial charge in [0.05, 0.1) is 12.4 Å². The molecule has 5 heteroatoms. The molecule has 5 rings (SSSR count). The summed E-state index contributed by atoms with van der Waals surface area (Å²) in [7, 11) is 0. The van der Waals surface area contributed by atoms with Gasteiger partial charge in [0, 0.05) is 17.9 Å². The van der Waals surface area contributed by atoms with Crippen LogP contribution in [0, 0.1) is 22.7 Å². The van der Waals surface area contributed by atoms with Crippen LogP contribution in [0.2, 0.25) is 0 Å². The number of ether oxygens (including phenoxy) is 1. The van der Waals surface area contributed by atoms with Gasteiger partial charge < -0.3 is 19.4 Å². The number of furan rings is 1. The highest BCUT2D eigenvalue weighted by molar-refractivity contribution is 5.87. The maximum atomic E-state index is 13.0. The molecule has 3 aliphatic rings. The smallest absolute Gasteiger partial charge is 0.331 e. The van der Waals surface area contributed by atoms with Crippen LogP contribution in [0.5, 0.6) is 0 Å². The lowest BCUT2D eigenvalue weighted by molar-refractivity contribution is -0.315. The van der Waals surface area contributed by atoms with Crippen molar-refractivity contribution in [1.29, 1.82) is 0 Å². The lowest BCUT2D eigenvalue weighted by atomic mass is 9.40. The van der Waals surface area contributed by atoms with E-state index in [1.165, 1.54) is 6.08 Å². The van der Waals surface area contributed by atoms with E-state index in [0.29, 0.717) is 6.42 Å². The molecule has 5 nitrogen and oxygen atoms in total. The SMILES string of the molecule is C[C@H]1c2ccoc2C[C@H]2[C@@H]1[C@@H](O)[C@@H](OC(=O)/C=C\c1ccccc1)[C@@]1(O)C(C)(C)CCC[C@]21C. The normalized spacial score (nSPS) is 38.6. The number of carbonyl (C=O) groups excluding carboxylic acids is 1. The van der Waals surface area contributed by atoms with Crippen molar-refractivity contribution in [3.05, 3.63) is 65.6 Å². The van der Waals surface area contributed by atoms with Crippen LogP contribution in [0.1, 0.15) is 69.8 Å². The van der Waals surface area contributed by atoms with E-state index in [1.54, 1.807) is 12.3 Å². The summed E-state index contributed by atoms with van der Waals surface area (Å²) in [6.45, 7) is 8.34. The fraction of sp³-hybridized carbons (Fsp3) is 0.552. The standard InChI is InChI=1S/C29H36O5/c1-18-20-13-16-33-22(20)17-21-24(18)25(31)26(29(32)27(2,3)14-8-15-28(21,29)4)34-23(30)12-11-19-9-6-5-7-10-19/h5-7,9-13,16,18,21,24-26,31-32H,8,14-15,17H2,1-4H3/b12-11-/t18-,21-,24+,25+,26+,28+,29+/m0/s1. The van der Waals surface area contributed by atoms with Gasteiger partial charge in [-0.2, -0.15) is 0 Å². The maximum Gasteiger partial charge on any atom is 0.331 e. The molecule has 3 aliphatic carbocycles. The van der Waals surface area contributed by atoms with Crippen molar-refractivity contribution in [3.63, 3.8) is 0 Å². The second kappa shape index (κ2) is 8.10. The molecule has 0 aliphatic heterocycles. The van der Waals surface area contributed by atoms with Gasteiger partial charge >= 0.3 is 5.97 Å². The summed E-state index contributed by atoms with van der Waals surface area (Å²) in [4.78, 5) is 13.0. The molecule has 0 bridgehead atoms. The first kappa shape index (κ1) is 23.4. The number of esters is 1. The number of aliphatic hydroxyl groups excluding tert-OH is 1. The monoisotopic (exact) mass is 464 g/mol. The van der Waals surface area contributed by atoms with Crippen molar-refractivity contribution in [2.24, 2.45) is 22.7 Å². The molecule has 2 fully saturated rings. The predicted octanol–water partition coefficient (Wildman–Crippen LogP) is 5.12. The number of aliphatic hydroxyl groups is 2. The Balaban J connectivity index is 1.55. The van der Waals surface area contributed by atoms with Gasteiger partial charge in [-0.15, -0.1) is 0 Å². The molecule has 0 spiro atoms. The number of benzene rings is 1. The van der Waals surface area contributed by atoms with Gasteiger partial charge in [-0.3, -0.25) is 0 Å². The summed E-state index contributed by atoms with van der Waals surface area (Å²) < 4.78 is 11.8. The molecule has 0 radical (unpaired) electrons. The quantitative estimate of drug-likeness (QED) is 0.487. The summed E-state index contributed by atoms with van der Waals surface area (Å²) in [6.07, 6.45) is 6.11. The molecular weight excluding hydrogens is 428 g/mol. The molecule has 2 N–H and O–H groups in total. The molecule has 1 aromatic carbocycles. The van der Waals surface area contributed by atoms with E-state index in [9.17, 15) is 15.0 Å². The van der Waals surface area contributed by atoms with Gasteiger partial charge in [0.25, 0.3) is 0 Å². The van der Waals surface area contributed by atoms with Crippen LogP contribution in [0.15, 0.2) is 53.2 Å². The summed E-state index contributed by atoms with van der Waals surface area (Å²) in [5.41, 5.74) is -0.450. The lowest BCUT2D eigenvalue weighted by Crippen LogP contribution is -2.76. The fourth-order valence-electron chi connectivity index (χ4n) is 7.72. The van der Waals surface area contributed by atoms with E-state index in [4.69, 9.17) is 9.15 Å². The molecule has 0 saturated heterocycles. The van der Waals surface area contributed by atoms with Gasteiger partial charge in [0.15, 0.2) is 6.10 Å². The Kier molecular flexibility index (Phi) is 5.57. The third-order valence-corrected chi connectivity index (χ3v) is 9.51. The highest BCUT2D eigenvalue weighted by Crippen LogP contribution is 2.67. The second-order valence-corrected chi connectivity index (χ2v) is 11.5. The summed E-state index contributed by atoms with van der Waals surface area (Å²) in [6, 6.07) is 11.5. The first-order valence-electron chi connectivity index (χ1n) is 12.5. The highest BCUT2D eigenvalue weighted by Gasteiger charge is 2.73. The minimum atomic E-state index is -1.38. The summed E-state index contributed by atoms with van der Waals surface area (Å²) >= 11 is 0. The van der Waals surface area contributed by atoms with E-state index in [-0.39, 0.29) is 17.8 Å². The van der Waals surface area contributed by atoms with Crippen LogP contribution in [0.25, 0.3) is 6.08 Å². The molecule has 2 saturated carbocycles. The third-order valence-electron chi connectivity index (χ3n) is 9.51. The van der Waals surface area contributed by atoms with Crippen LogP contribution >= 0.6 is 0 Å². The van der Waals surface area contributed by atoms with E-state index >= 15 is 0 Å². The zero-order valence-corrected chi connectivity index (χ0v) is 20.5. The summed E-state index contributed by atoms with van der Waals surface area (Å²) in [5, 5.41) is 24.4. The predicted molar refractivity (Wildman–Crippen MR) is 130 cm³/mol. The van der Waals surface area contributed by atoms with Crippen molar-refractivity contribution < 1.29 is 24.2 Å². The zero-order valence-electron chi connectivity index (χ0n) is 20.5. The molecule has 1 aromatic heterocycles. The van der Waals surface area contributed by atoms with Crippen LogP contribution in [0.4, 0.5) is 0 Å². The van der Waals surface area contributed by atoms with Crippen molar-refractivity contribution in [1.82, 2.24) is 0 Å². The first-order valence-corrected chi connectivity index (χ1v) is 12.5. The van der Waals surface area contributed by atoms with E-state index in [0.717, 1.165) is 36.1 Å². The largest absolute Gasteiger partial charge is 0.469 e. The van der Waals surface area contributed by atoms with Crippen molar-refractivity contribution >= 4 is 12.0 Å². The van der Waals surface area contributed by atoms with Gasteiger partial charge in [-0.25, -0.2) is 4.79 Å². The van der Waals surface area contributed by atoms with Crippen LogP contribution in [-0.4, -0.2) is 34.0 Å². The van der Waals surface area contributed by atoms with Crippen molar-refractivity contribution in [3.8, 4) is 0 Å². The molecule has 1 heterocycles. The Labute approximate surface area is 201 Å². The highest BCUT2D eigenvalue weighted by atomic mass is 16.6. The Hall–Kier alpha value is -2.37. The molecule has 0 unspecified atom stereocenters. The Morgan fingerprint density at radius 2 is 1.88 bits per heavy atom. The number of rotatable bonds is 3. The van der Waals surface area contributed by atoms with Crippen LogP contribution in [0.3, 0.4) is 0 Å². The van der Waals surface area contributed by atoms with Gasteiger partial charge in [-0.1, -0.05) is 64.4 Å². The van der Waals surface area contributed by atoms with Crippen molar-refractivity contribution in [2.45, 2.75) is 77.1 Å². The van der Waals surface area contributed by atoms with E-state index in [2.05, 4.69) is 13.8 Å². The molecule has 0 amide bonds. The number of hydrogen-bond donors (Lipinski definition) is 2. The third kappa shape index (κ3) is 3.24. The van der Waals surface area contributed by atoms with Crippen molar-refractivity contribution in [2.75, 3.05) is 0 Å². The molecule has 2 aromatic rings. The minimum absolute atomic E-state index is 0.0236. The van der Waals surface area contributed by atoms with E-state index < -0.39 is 34.6 Å². The summed E-state index contributed by atoms with van der Waals surface area (Å²) in [5.74, 6) is 0.329. The molecule has 34 heavy (non-hydrogen) atoms.